The number of rotatable bonds is 6. The van der Waals surface area contributed by atoms with Crippen molar-refractivity contribution >= 4 is 34.1 Å². The predicted molar refractivity (Wildman–Crippen MR) is 111 cm³/mol. The van der Waals surface area contributed by atoms with Gasteiger partial charge in [0.1, 0.15) is 23.8 Å². The maximum Gasteiger partial charge on any atom is 0.224 e. The molecule has 0 spiro atoms. The Bertz CT molecular complexity index is 1210. The van der Waals surface area contributed by atoms with Gasteiger partial charge in [-0.1, -0.05) is 6.07 Å². The summed E-state index contributed by atoms with van der Waals surface area (Å²) in [5, 5.41) is 3.23. The Kier molecular flexibility index (Phi) is 5.28. The molecule has 0 bridgehead atoms. The molecule has 10 heteroatoms. The lowest BCUT2D eigenvalue weighted by molar-refractivity contribution is 0.324. The quantitative estimate of drug-likeness (QED) is 0.455. The van der Waals surface area contributed by atoms with Crippen LogP contribution in [-0.2, 0) is 0 Å². The Balaban J connectivity index is 1.72. The first-order valence-corrected chi connectivity index (χ1v) is 9.15. The number of hydrogen-bond donors (Lipinski definition) is 1. The van der Waals surface area contributed by atoms with Gasteiger partial charge in [-0.15, -0.1) is 0 Å². The van der Waals surface area contributed by atoms with E-state index < -0.39 is 5.82 Å². The first-order valence-electron chi connectivity index (χ1n) is 8.77. The zero-order valence-corrected chi connectivity index (χ0v) is 17.1. The smallest absolute Gasteiger partial charge is 0.224 e. The number of imidazole rings is 1. The molecule has 0 fully saturated rings. The number of aromatic nitrogens is 4. The fraction of sp³-hybridized carbons (Fsp3) is 0.150. The molecular weight excluding hydrogens is 413 g/mol. The highest BCUT2D eigenvalue weighted by molar-refractivity contribution is 6.28. The molecule has 1 N–H and O–H groups in total. The lowest BCUT2D eigenvalue weighted by Crippen LogP contribution is -2.00. The molecule has 30 heavy (non-hydrogen) atoms. The summed E-state index contributed by atoms with van der Waals surface area (Å²) < 4.78 is 32.2. The van der Waals surface area contributed by atoms with Gasteiger partial charge in [0.05, 0.1) is 44.1 Å². The van der Waals surface area contributed by atoms with Crippen LogP contribution in [0.2, 0.25) is 5.28 Å². The first kappa shape index (κ1) is 19.7. The molecule has 0 aliphatic heterocycles. The van der Waals surface area contributed by atoms with Crippen LogP contribution in [0.1, 0.15) is 0 Å². The maximum absolute atomic E-state index is 14.4. The number of methoxy groups -OCH3 is 3. The van der Waals surface area contributed by atoms with Gasteiger partial charge in [0.15, 0.2) is 11.5 Å². The molecule has 0 atom stereocenters. The topological polar surface area (TPSA) is 83.3 Å². The summed E-state index contributed by atoms with van der Waals surface area (Å²) in [5.74, 6) is 1.69. The Morgan fingerprint density at radius 3 is 2.43 bits per heavy atom. The van der Waals surface area contributed by atoms with Crippen LogP contribution in [0.4, 0.5) is 16.0 Å². The summed E-state index contributed by atoms with van der Waals surface area (Å²) in [4.78, 5) is 12.5. The van der Waals surface area contributed by atoms with E-state index in [4.69, 9.17) is 25.8 Å². The highest BCUT2D eigenvalue weighted by atomic mass is 35.5. The molecular formula is C20H17ClFN5O3. The molecule has 2 aromatic carbocycles. The monoisotopic (exact) mass is 429 g/mol. The van der Waals surface area contributed by atoms with E-state index in [1.54, 1.807) is 55.6 Å². The van der Waals surface area contributed by atoms with Gasteiger partial charge in [-0.05, 0) is 23.7 Å². The van der Waals surface area contributed by atoms with Gasteiger partial charge in [-0.25, -0.2) is 14.4 Å². The molecule has 0 amide bonds. The van der Waals surface area contributed by atoms with E-state index in [9.17, 15) is 4.39 Å². The minimum absolute atomic E-state index is 0.000315. The predicted octanol–water partition coefficient (Wildman–Crippen LogP) is 4.38. The van der Waals surface area contributed by atoms with Crippen LogP contribution in [0.3, 0.4) is 0 Å². The Morgan fingerprint density at radius 2 is 1.77 bits per heavy atom. The zero-order chi connectivity index (χ0) is 21.3. The molecule has 0 aliphatic rings. The Morgan fingerprint density at radius 1 is 1.03 bits per heavy atom. The van der Waals surface area contributed by atoms with E-state index in [1.165, 1.54) is 13.2 Å². The van der Waals surface area contributed by atoms with E-state index in [1.807, 2.05) is 0 Å². The third-order valence-corrected chi connectivity index (χ3v) is 4.59. The maximum atomic E-state index is 14.4. The van der Waals surface area contributed by atoms with Crippen molar-refractivity contribution in [3.63, 3.8) is 0 Å². The van der Waals surface area contributed by atoms with Gasteiger partial charge in [0, 0.05) is 12.1 Å². The second-order valence-electron chi connectivity index (χ2n) is 6.15. The second-order valence-corrected chi connectivity index (χ2v) is 6.49. The van der Waals surface area contributed by atoms with Gasteiger partial charge in [0.2, 0.25) is 11.0 Å². The van der Waals surface area contributed by atoms with Crippen LogP contribution in [0.5, 0.6) is 17.2 Å². The lowest BCUT2D eigenvalue weighted by Gasteiger charge is -2.14. The average molecular weight is 430 g/mol. The van der Waals surface area contributed by atoms with Crippen LogP contribution in [-0.4, -0.2) is 40.8 Å². The van der Waals surface area contributed by atoms with E-state index in [2.05, 4.69) is 20.3 Å². The molecule has 4 aromatic rings. The summed E-state index contributed by atoms with van der Waals surface area (Å²) in [6.45, 7) is 0. The molecule has 0 saturated carbocycles. The molecule has 2 heterocycles. The molecule has 154 valence electrons. The standard InChI is InChI=1S/C20H17ClFN5O3/c1-28-14-7-11(8-15(29-2)18(14)30-3)27-9-16(23-10-27)25-19-17-12(22)5-4-6-13(17)24-20(21)26-19/h4-10H,1-3H3,(H,24,25,26). The van der Waals surface area contributed by atoms with Crippen molar-refractivity contribution in [2.75, 3.05) is 26.6 Å². The van der Waals surface area contributed by atoms with Crippen molar-refractivity contribution in [2.45, 2.75) is 0 Å². The molecule has 0 radical (unpaired) electrons. The average Bonchev–Trinajstić information content (AvgIpc) is 3.20. The van der Waals surface area contributed by atoms with Crippen molar-refractivity contribution in [1.29, 1.82) is 0 Å². The molecule has 0 aliphatic carbocycles. The van der Waals surface area contributed by atoms with E-state index >= 15 is 0 Å². The van der Waals surface area contributed by atoms with Gasteiger partial charge in [0.25, 0.3) is 0 Å². The number of nitrogens with one attached hydrogen (secondary N) is 1. The van der Waals surface area contributed by atoms with Crippen molar-refractivity contribution < 1.29 is 18.6 Å². The summed E-state index contributed by atoms with van der Waals surface area (Å²) in [5.41, 5.74) is 1.11. The zero-order valence-electron chi connectivity index (χ0n) is 16.3. The highest BCUT2D eigenvalue weighted by Crippen LogP contribution is 2.39. The Labute approximate surface area is 176 Å². The first-order chi connectivity index (χ1) is 14.5. The lowest BCUT2D eigenvalue weighted by atomic mass is 10.2. The van der Waals surface area contributed by atoms with Crippen LogP contribution >= 0.6 is 11.6 Å². The molecule has 0 unspecified atom stereocenters. The summed E-state index contributed by atoms with van der Waals surface area (Å²) >= 11 is 5.99. The molecule has 4 rings (SSSR count). The molecule has 2 aromatic heterocycles. The third kappa shape index (κ3) is 3.55. The number of anilines is 2. The second kappa shape index (κ2) is 8.03. The van der Waals surface area contributed by atoms with Gasteiger partial charge in [-0.2, -0.15) is 4.98 Å². The van der Waals surface area contributed by atoms with Gasteiger partial charge in [-0.3, -0.25) is 0 Å². The van der Waals surface area contributed by atoms with Crippen LogP contribution in [0.25, 0.3) is 16.6 Å². The normalized spacial score (nSPS) is 10.8. The van der Waals surface area contributed by atoms with Crippen LogP contribution in [0.15, 0.2) is 42.9 Å². The fourth-order valence-corrected chi connectivity index (χ4v) is 3.25. The van der Waals surface area contributed by atoms with Gasteiger partial charge >= 0.3 is 0 Å². The number of hydrogen-bond acceptors (Lipinski definition) is 7. The van der Waals surface area contributed by atoms with Crippen molar-refractivity contribution in [3.05, 3.63) is 54.0 Å². The summed E-state index contributed by atoms with van der Waals surface area (Å²) in [6.07, 6.45) is 3.30. The minimum atomic E-state index is -0.462. The van der Waals surface area contributed by atoms with E-state index in [0.29, 0.717) is 28.6 Å². The number of nitrogens with zero attached hydrogens (tertiary/aromatic N) is 4. The third-order valence-electron chi connectivity index (χ3n) is 4.42. The van der Waals surface area contributed by atoms with Crippen molar-refractivity contribution in [3.8, 4) is 22.9 Å². The van der Waals surface area contributed by atoms with E-state index in [-0.39, 0.29) is 16.5 Å². The van der Waals surface area contributed by atoms with Crippen LogP contribution < -0.4 is 19.5 Å². The van der Waals surface area contributed by atoms with E-state index in [0.717, 1.165) is 5.69 Å². The Hall–Kier alpha value is -3.59. The fourth-order valence-electron chi connectivity index (χ4n) is 3.07. The number of benzene rings is 2. The SMILES string of the molecule is COc1cc(-n2cnc(Nc3nc(Cl)nc4cccc(F)c34)c2)cc(OC)c1OC. The summed E-state index contributed by atoms with van der Waals surface area (Å²) in [6, 6.07) is 8.11. The molecule has 8 nitrogen and oxygen atoms in total. The van der Waals surface area contributed by atoms with Gasteiger partial charge < -0.3 is 24.1 Å². The minimum Gasteiger partial charge on any atom is -0.493 e. The van der Waals surface area contributed by atoms with Crippen molar-refractivity contribution in [2.24, 2.45) is 0 Å². The van der Waals surface area contributed by atoms with Crippen LogP contribution in [0, 0.1) is 5.82 Å². The number of fused-ring (bicyclic) bond motifs is 1. The number of halogens is 2. The molecule has 0 saturated heterocycles. The number of ether oxygens (including phenoxy) is 3. The summed E-state index contributed by atoms with van der Waals surface area (Å²) in [7, 11) is 4.62. The largest absolute Gasteiger partial charge is 0.493 e. The highest BCUT2D eigenvalue weighted by Gasteiger charge is 2.16. The van der Waals surface area contributed by atoms with Crippen molar-refractivity contribution in [1.82, 2.24) is 19.5 Å².